The molecular formula is C20H21N3O3S. The smallest absolute Gasteiger partial charge is 0.329 e. The molecule has 0 aliphatic carbocycles. The predicted molar refractivity (Wildman–Crippen MR) is 107 cm³/mol. The summed E-state index contributed by atoms with van der Waals surface area (Å²) in [6, 6.07) is 15.6. The van der Waals surface area contributed by atoms with E-state index in [1.165, 1.54) is 11.3 Å². The van der Waals surface area contributed by atoms with E-state index < -0.39 is 18.0 Å². The Kier molecular flexibility index (Phi) is 6.03. The molecule has 0 radical (unpaired) electrons. The number of esters is 1. The SMILES string of the molecule is CC(C)C(NC(=O)Nc1ccccc1)C(=O)OCc1nc2ccccc2s1. The molecule has 1 unspecified atom stereocenters. The van der Waals surface area contributed by atoms with Gasteiger partial charge in [0.25, 0.3) is 0 Å². The van der Waals surface area contributed by atoms with E-state index in [9.17, 15) is 9.59 Å². The van der Waals surface area contributed by atoms with Gasteiger partial charge in [-0.3, -0.25) is 0 Å². The van der Waals surface area contributed by atoms with Crippen LogP contribution in [0, 0.1) is 5.92 Å². The number of hydrogen-bond donors (Lipinski definition) is 2. The molecule has 2 amide bonds. The molecule has 1 aromatic heterocycles. The van der Waals surface area contributed by atoms with Crippen LogP contribution in [0.4, 0.5) is 10.5 Å². The maximum absolute atomic E-state index is 12.5. The molecule has 0 aliphatic heterocycles. The fourth-order valence-electron chi connectivity index (χ4n) is 2.53. The van der Waals surface area contributed by atoms with Gasteiger partial charge in [-0.05, 0) is 30.2 Å². The van der Waals surface area contributed by atoms with Gasteiger partial charge >= 0.3 is 12.0 Å². The Morgan fingerprint density at radius 2 is 1.78 bits per heavy atom. The zero-order chi connectivity index (χ0) is 19.2. The van der Waals surface area contributed by atoms with Crippen molar-refractivity contribution in [2.75, 3.05) is 5.32 Å². The average Bonchev–Trinajstić information content (AvgIpc) is 3.08. The van der Waals surface area contributed by atoms with Gasteiger partial charge in [0.2, 0.25) is 0 Å². The number of amides is 2. The lowest BCUT2D eigenvalue weighted by Crippen LogP contribution is -2.47. The Hall–Kier alpha value is -2.93. The number of para-hydroxylation sites is 2. The molecule has 0 spiro atoms. The number of urea groups is 1. The number of carbonyl (C=O) groups is 2. The third-order valence-electron chi connectivity index (χ3n) is 3.91. The van der Waals surface area contributed by atoms with Crippen molar-refractivity contribution < 1.29 is 14.3 Å². The molecule has 0 bridgehead atoms. The predicted octanol–water partition coefficient (Wildman–Crippen LogP) is 4.19. The molecule has 1 heterocycles. The molecule has 2 aromatic carbocycles. The van der Waals surface area contributed by atoms with Gasteiger partial charge < -0.3 is 15.4 Å². The lowest BCUT2D eigenvalue weighted by atomic mass is 10.1. The molecule has 3 aromatic rings. The zero-order valence-electron chi connectivity index (χ0n) is 15.1. The minimum Gasteiger partial charge on any atom is -0.457 e. The van der Waals surface area contributed by atoms with Crippen molar-refractivity contribution in [2.24, 2.45) is 5.92 Å². The average molecular weight is 383 g/mol. The van der Waals surface area contributed by atoms with Crippen molar-refractivity contribution in [3.63, 3.8) is 0 Å². The van der Waals surface area contributed by atoms with Gasteiger partial charge in [0.15, 0.2) is 0 Å². The minimum atomic E-state index is -0.747. The van der Waals surface area contributed by atoms with Gasteiger partial charge in [0.05, 0.1) is 10.2 Å². The Labute approximate surface area is 161 Å². The normalized spacial score (nSPS) is 12.0. The number of nitrogens with zero attached hydrogens (tertiary/aromatic N) is 1. The summed E-state index contributed by atoms with van der Waals surface area (Å²) in [5.74, 6) is -0.596. The first-order valence-electron chi connectivity index (χ1n) is 8.66. The number of carbonyl (C=O) groups excluding carboxylic acids is 2. The number of anilines is 1. The number of benzene rings is 2. The molecule has 7 heteroatoms. The molecule has 0 saturated heterocycles. The Balaban J connectivity index is 1.58. The second-order valence-corrected chi connectivity index (χ2v) is 7.48. The number of aromatic nitrogens is 1. The van der Waals surface area contributed by atoms with E-state index >= 15 is 0 Å². The van der Waals surface area contributed by atoms with Crippen LogP contribution in [0.2, 0.25) is 0 Å². The van der Waals surface area contributed by atoms with Crippen molar-refractivity contribution in [1.29, 1.82) is 0 Å². The first-order chi connectivity index (χ1) is 13.0. The Morgan fingerprint density at radius 3 is 2.48 bits per heavy atom. The Bertz CT molecular complexity index is 891. The van der Waals surface area contributed by atoms with E-state index in [1.54, 1.807) is 12.1 Å². The summed E-state index contributed by atoms with van der Waals surface area (Å²) in [7, 11) is 0. The number of thiazole rings is 1. The largest absolute Gasteiger partial charge is 0.457 e. The van der Waals surface area contributed by atoms with E-state index in [0.29, 0.717) is 5.69 Å². The highest BCUT2D eigenvalue weighted by Gasteiger charge is 2.26. The number of nitrogens with one attached hydrogen (secondary N) is 2. The van der Waals surface area contributed by atoms with Gasteiger partial charge in [0.1, 0.15) is 17.7 Å². The summed E-state index contributed by atoms with van der Waals surface area (Å²) in [5.41, 5.74) is 1.54. The van der Waals surface area contributed by atoms with Crippen molar-refractivity contribution in [3.8, 4) is 0 Å². The molecule has 0 fully saturated rings. The van der Waals surface area contributed by atoms with Crippen LogP contribution in [0.15, 0.2) is 54.6 Å². The molecule has 3 rings (SSSR count). The first-order valence-corrected chi connectivity index (χ1v) is 9.48. The van der Waals surface area contributed by atoms with E-state index in [2.05, 4.69) is 15.6 Å². The van der Waals surface area contributed by atoms with Crippen LogP contribution in [0.25, 0.3) is 10.2 Å². The first kappa shape index (κ1) is 18.8. The number of rotatable bonds is 6. The molecule has 0 aliphatic rings. The molecule has 27 heavy (non-hydrogen) atoms. The maximum atomic E-state index is 12.5. The van der Waals surface area contributed by atoms with Crippen LogP contribution < -0.4 is 10.6 Å². The van der Waals surface area contributed by atoms with Crippen LogP contribution in [0.3, 0.4) is 0 Å². The maximum Gasteiger partial charge on any atom is 0.329 e. The van der Waals surface area contributed by atoms with Crippen LogP contribution in [0.5, 0.6) is 0 Å². The third-order valence-corrected chi connectivity index (χ3v) is 4.92. The highest BCUT2D eigenvalue weighted by atomic mass is 32.1. The summed E-state index contributed by atoms with van der Waals surface area (Å²) >= 11 is 1.49. The minimum absolute atomic E-state index is 0.0867. The lowest BCUT2D eigenvalue weighted by Gasteiger charge is -2.20. The highest BCUT2D eigenvalue weighted by Crippen LogP contribution is 2.22. The van der Waals surface area contributed by atoms with E-state index in [0.717, 1.165) is 15.2 Å². The van der Waals surface area contributed by atoms with E-state index in [1.807, 2.05) is 56.3 Å². The standard InChI is InChI=1S/C20H21N3O3S/c1-13(2)18(23-20(25)21-14-8-4-3-5-9-14)19(24)26-12-17-22-15-10-6-7-11-16(15)27-17/h3-11,13,18H,12H2,1-2H3,(H2,21,23,25). The summed E-state index contributed by atoms with van der Waals surface area (Å²) in [5, 5.41) is 6.11. The number of hydrogen-bond acceptors (Lipinski definition) is 5. The van der Waals surface area contributed by atoms with Gasteiger partial charge in [0, 0.05) is 5.69 Å². The zero-order valence-corrected chi connectivity index (χ0v) is 16.0. The second-order valence-electron chi connectivity index (χ2n) is 6.37. The fourth-order valence-corrected chi connectivity index (χ4v) is 3.41. The van der Waals surface area contributed by atoms with Crippen LogP contribution in [-0.4, -0.2) is 23.0 Å². The van der Waals surface area contributed by atoms with E-state index in [4.69, 9.17) is 4.74 Å². The molecule has 1 atom stereocenters. The van der Waals surface area contributed by atoms with Gasteiger partial charge in [-0.15, -0.1) is 11.3 Å². The van der Waals surface area contributed by atoms with Gasteiger partial charge in [-0.2, -0.15) is 0 Å². The lowest BCUT2D eigenvalue weighted by molar-refractivity contribution is -0.148. The molecule has 0 saturated carbocycles. The van der Waals surface area contributed by atoms with E-state index in [-0.39, 0.29) is 12.5 Å². The summed E-state index contributed by atoms with van der Waals surface area (Å²) in [6.07, 6.45) is 0. The van der Waals surface area contributed by atoms with Crippen molar-refractivity contribution >= 4 is 39.2 Å². The summed E-state index contributed by atoms with van der Waals surface area (Å²) in [6.45, 7) is 3.79. The highest BCUT2D eigenvalue weighted by molar-refractivity contribution is 7.18. The fraction of sp³-hybridized carbons (Fsp3) is 0.250. The monoisotopic (exact) mass is 383 g/mol. The number of ether oxygens (including phenoxy) is 1. The summed E-state index contributed by atoms with van der Waals surface area (Å²) in [4.78, 5) is 29.1. The summed E-state index contributed by atoms with van der Waals surface area (Å²) < 4.78 is 6.44. The topological polar surface area (TPSA) is 80.3 Å². The van der Waals surface area contributed by atoms with Crippen molar-refractivity contribution in [1.82, 2.24) is 10.3 Å². The number of fused-ring (bicyclic) bond motifs is 1. The molecule has 6 nitrogen and oxygen atoms in total. The molecule has 2 N–H and O–H groups in total. The molecular weight excluding hydrogens is 362 g/mol. The van der Waals surface area contributed by atoms with Gasteiger partial charge in [-0.25, -0.2) is 14.6 Å². The van der Waals surface area contributed by atoms with Crippen LogP contribution in [-0.2, 0) is 16.1 Å². The third kappa shape index (κ3) is 5.04. The Morgan fingerprint density at radius 1 is 1.07 bits per heavy atom. The van der Waals surface area contributed by atoms with Crippen molar-refractivity contribution in [3.05, 3.63) is 59.6 Å². The van der Waals surface area contributed by atoms with Gasteiger partial charge in [-0.1, -0.05) is 44.2 Å². The van der Waals surface area contributed by atoms with Crippen LogP contribution >= 0.6 is 11.3 Å². The quantitative estimate of drug-likeness (QED) is 0.626. The van der Waals surface area contributed by atoms with Crippen molar-refractivity contribution in [2.45, 2.75) is 26.5 Å². The second kappa shape index (κ2) is 8.64. The molecule has 140 valence electrons. The van der Waals surface area contributed by atoms with Crippen LogP contribution in [0.1, 0.15) is 18.9 Å².